The third kappa shape index (κ3) is 12.0. The van der Waals surface area contributed by atoms with Crippen LogP contribution in [0.3, 0.4) is 0 Å². The number of amides is 2. The molecule has 65 heavy (non-hydrogen) atoms. The number of carbonyl (C=O) groups excluding carboxylic acids is 2. The topological polar surface area (TPSA) is 94.1 Å². The molecule has 0 unspecified atom stereocenters. The largest absolute Gasteiger partial charge is 0.497 e. The van der Waals surface area contributed by atoms with E-state index in [1.807, 2.05) is 50.2 Å². The first-order valence-corrected chi connectivity index (χ1v) is 22.0. The normalized spacial score (nSPS) is 13.5. The van der Waals surface area contributed by atoms with Crippen LogP contribution >= 0.6 is 50.7 Å². The number of nitrogens with zero attached hydrogens (tertiary/aromatic N) is 4. The van der Waals surface area contributed by atoms with Crippen LogP contribution in [0.4, 0.5) is 17.6 Å². The van der Waals surface area contributed by atoms with Crippen molar-refractivity contribution in [1.82, 2.24) is 19.8 Å². The molecule has 340 valence electrons. The third-order valence-corrected chi connectivity index (χ3v) is 12.1. The Balaban J connectivity index is 0.000000169. The number of halogens is 8. The first-order chi connectivity index (χ1) is 31.1. The number of benzene rings is 4. The molecule has 0 saturated carbocycles. The Morgan fingerprint density at radius 3 is 1.49 bits per heavy atom. The fraction of sp³-hybridized carbons (Fsp3) is 0.250. The van der Waals surface area contributed by atoms with Crippen molar-refractivity contribution in [3.05, 3.63) is 173 Å². The van der Waals surface area contributed by atoms with Gasteiger partial charge in [0.1, 0.15) is 39.9 Å². The average molecular weight is 1020 g/mol. The molecule has 0 aliphatic carbocycles. The summed E-state index contributed by atoms with van der Waals surface area (Å²) in [6.07, 6.45) is 2.56. The van der Waals surface area contributed by atoms with Crippen molar-refractivity contribution in [1.29, 1.82) is 0 Å². The summed E-state index contributed by atoms with van der Waals surface area (Å²) in [4.78, 5) is 37.3. The maximum absolute atomic E-state index is 14.2. The monoisotopic (exact) mass is 1010 g/mol. The second-order valence-electron chi connectivity index (χ2n) is 14.9. The second-order valence-corrected chi connectivity index (χ2v) is 16.9. The molecule has 0 N–H and O–H groups in total. The van der Waals surface area contributed by atoms with Gasteiger partial charge >= 0.3 is 0 Å². The lowest BCUT2D eigenvalue weighted by molar-refractivity contribution is 0.0759. The minimum absolute atomic E-state index is 0.0691. The van der Waals surface area contributed by atoms with Crippen molar-refractivity contribution in [3.63, 3.8) is 0 Å². The molecule has 2 aromatic heterocycles. The van der Waals surface area contributed by atoms with Gasteiger partial charge in [0.05, 0.1) is 75.6 Å². The van der Waals surface area contributed by atoms with Gasteiger partial charge in [-0.15, -0.1) is 0 Å². The highest BCUT2D eigenvalue weighted by molar-refractivity contribution is 9.10. The highest BCUT2D eigenvalue weighted by atomic mass is 79.9. The lowest BCUT2D eigenvalue weighted by atomic mass is 10.1. The summed E-state index contributed by atoms with van der Waals surface area (Å²) in [6, 6.07) is 21.6. The molecule has 9 rings (SSSR count). The van der Waals surface area contributed by atoms with Crippen molar-refractivity contribution < 1.29 is 41.4 Å². The Hall–Kier alpha value is -5.25. The van der Waals surface area contributed by atoms with E-state index < -0.39 is 23.3 Å². The van der Waals surface area contributed by atoms with Crippen LogP contribution in [0.2, 0.25) is 15.2 Å². The summed E-state index contributed by atoms with van der Waals surface area (Å²) in [7, 11) is 3.23. The Labute approximate surface area is 397 Å². The number of hydrogen-bond donors (Lipinski definition) is 0. The van der Waals surface area contributed by atoms with E-state index in [9.17, 15) is 27.2 Å². The van der Waals surface area contributed by atoms with Gasteiger partial charge in [0.25, 0.3) is 11.8 Å². The van der Waals surface area contributed by atoms with Crippen LogP contribution in [0.25, 0.3) is 11.3 Å². The Morgan fingerprint density at radius 1 is 0.631 bits per heavy atom. The molecule has 3 aliphatic heterocycles. The highest BCUT2D eigenvalue weighted by Crippen LogP contribution is 2.35. The maximum atomic E-state index is 14.2. The summed E-state index contributed by atoms with van der Waals surface area (Å²) in [6.45, 7) is 7.43. The molecule has 0 bridgehead atoms. The van der Waals surface area contributed by atoms with E-state index in [1.165, 1.54) is 49.2 Å². The van der Waals surface area contributed by atoms with Gasteiger partial charge in [-0.25, -0.2) is 27.5 Å². The van der Waals surface area contributed by atoms with E-state index in [0.717, 1.165) is 59.1 Å². The fourth-order valence-electron chi connectivity index (χ4n) is 7.07. The highest BCUT2D eigenvalue weighted by Gasteiger charge is 2.33. The van der Waals surface area contributed by atoms with Crippen molar-refractivity contribution >= 4 is 62.5 Å². The number of fused-ring (bicyclic) bond motifs is 2. The van der Waals surface area contributed by atoms with Gasteiger partial charge in [0.2, 0.25) is 0 Å². The van der Waals surface area contributed by atoms with E-state index in [-0.39, 0.29) is 44.7 Å². The smallest absolute Gasteiger partial charge is 0.257 e. The lowest BCUT2D eigenvalue weighted by Gasteiger charge is -2.17. The van der Waals surface area contributed by atoms with E-state index in [0.29, 0.717) is 46.8 Å². The zero-order valence-electron chi connectivity index (χ0n) is 35.6. The number of pyridine rings is 2. The zero-order valence-corrected chi connectivity index (χ0v) is 39.4. The summed E-state index contributed by atoms with van der Waals surface area (Å²) in [5.74, 6) is -1.44. The Bertz CT molecular complexity index is 2680. The number of ether oxygens (including phenoxy) is 3. The third-order valence-electron chi connectivity index (χ3n) is 10.5. The maximum Gasteiger partial charge on any atom is 0.257 e. The van der Waals surface area contributed by atoms with Crippen LogP contribution in [-0.4, -0.2) is 59.0 Å². The number of carbonyl (C=O) groups is 2. The van der Waals surface area contributed by atoms with E-state index >= 15 is 0 Å². The molecule has 9 nitrogen and oxygen atoms in total. The van der Waals surface area contributed by atoms with Gasteiger partial charge in [-0.05, 0) is 126 Å². The molecular formula is C48H42BrCl3F4N4O5. The predicted octanol–water partition coefficient (Wildman–Crippen LogP) is 12.5. The first kappa shape index (κ1) is 49.2. The van der Waals surface area contributed by atoms with Crippen molar-refractivity contribution in [2.45, 2.75) is 52.9 Å². The number of aromatic nitrogens is 2. The molecule has 0 atom stereocenters. The summed E-state index contributed by atoms with van der Waals surface area (Å²) in [5, 5.41) is 0.791. The molecule has 5 heterocycles. The van der Waals surface area contributed by atoms with Crippen LogP contribution < -0.4 is 9.47 Å². The van der Waals surface area contributed by atoms with Crippen molar-refractivity contribution in [2.75, 3.05) is 27.4 Å². The van der Waals surface area contributed by atoms with Gasteiger partial charge in [-0.1, -0.05) is 59.1 Å². The van der Waals surface area contributed by atoms with Crippen LogP contribution in [-0.2, 0) is 30.9 Å². The Morgan fingerprint density at radius 2 is 1.08 bits per heavy atom. The van der Waals surface area contributed by atoms with Gasteiger partial charge in [-0.2, -0.15) is 0 Å². The standard InChI is InChI=1S/C22H17ClF2N2O2.C16H14Cl2N2O2.C6H3BrF2.C4H8O/c1-12-8-14(29-2)7-6-13(12)10-27-11-19-20(22(27)28)15(23)9-18(26-19)21-16(24)4-3-5-17(21)25;1-9-5-11(22-2)4-3-10(9)7-20-8-13-15(16(20)21)12(17)6-14(18)19-13;7-6-4(8)2-1-3-5(6)9;1-2-4-5-3-1/h3-9H,10-11H2,1-2H3;3-6H,7-8H2,1-2H3;1-3H;1-4H2. The van der Waals surface area contributed by atoms with Crippen LogP contribution in [0.5, 0.6) is 11.5 Å². The average Bonchev–Trinajstić information content (AvgIpc) is 4.03. The molecule has 0 spiro atoms. The van der Waals surface area contributed by atoms with E-state index in [2.05, 4.69) is 25.9 Å². The molecule has 6 aromatic rings. The molecule has 0 radical (unpaired) electrons. The van der Waals surface area contributed by atoms with E-state index in [1.54, 1.807) is 24.0 Å². The van der Waals surface area contributed by atoms with Gasteiger partial charge < -0.3 is 24.0 Å². The minimum atomic E-state index is -0.733. The molecule has 1 saturated heterocycles. The number of hydrogen-bond acceptors (Lipinski definition) is 7. The van der Waals surface area contributed by atoms with Crippen LogP contribution in [0, 0.1) is 37.1 Å². The molecule has 17 heteroatoms. The van der Waals surface area contributed by atoms with Crippen LogP contribution in [0.1, 0.15) is 67.2 Å². The predicted molar refractivity (Wildman–Crippen MR) is 246 cm³/mol. The second kappa shape index (κ2) is 22.3. The quantitative estimate of drug-likeness (QED) is 0.0893. The SMILES string of the molecule is C1CCOC1.COc1ccc(CN2Cc3nc(-c4c(F)cccc4F)cc(Cl)c3C2=O)c(C)c1.COc1ccc(CN2Cc3nc(Cl)cc(Cl)c3C2=O)c(C)c1.Fc1cccc(F)c1Br. The molecule has 4 aromatic carbocycles. The minimum Gasteiger partial charge on any atom is -0.497 e. The number of methoxy groups -OCH3 is 2. The van der Waals surface area contributed by atoms with Gasteiger partial charge in [0, 0.05) is 26.3 Å². The van der Waals surface area contributed by atoms with E-state index in [4.69, 9.17) is 49.0 Å². The first-order valence-electron chi connectivity index (χ1n) is 20.1. The summed E-state index contributed by atoms with van der Waals surface area (Å²) in [5.41, 5.74) is 5.67. The van der Waals surface area contributed by atoms with Gasteiger partial charge in [-0.3, -0.25) is 9.59 Å². The number of aryl methyl sites for hydroxylation is 2. The fourth-order valence-corrected chi connectivity index (χ4v) is 8.19. The van der Waals surface area contributed by atoms with Crippen molar-refractivity contribution in [3.8, 4) is 22.8 Å². The molecule has 2 amide bonds. The summed E-state index contributed by atoms with van der Waals surface area (Å²) < 4.78 is 68.1. The molecular weight excluding hydrogens is 975 g/mol. The number of rotatable bonds is 7. The Kier molecular flexibility index (Phi) is 16.9. The lowest BCUT2D eigenvalue weighted by Crippen LogP contribution is -2.23. The van der Waals surface area contributed by atoms with Gasteiger partial charge in [0.15, 0.2) is 0 Å². The summed E-state index contributed by atoms with van der Waals surface area (Å²) >= 11 is 21.1. The molecule has 1 fully saturated rings. The van der Waals surface area contributed by atoms with Crippen LogP contribution in [0.15, 0.2) is 89.4 Å². The zero-order chi connectivity index (χ0) is 46.9. The van der Waals surface area contributed by atoms with Crippen molar-refractivity contribution in [2.24, 2.45) is 0 Å². The molecule has 3 aliphatic rings.